The number of benzene rings is 1. The van der Waals surface area contributed by atoms with Crippen molar-refractivity contribution in [3.05, 3.63) is 45.4 Å². The van der Waals surface area contributed by atoms with E-state index in [-0.39, 0.29) is 5.56 Å². The molecular weight excluding hydrogens is 322 g/mol. The molecule has 0 radical (unpaired) electrons. The van der Waals surface area contributed by atoms with E-state index in [4.69, 9.17) is 9.47 Å². The first-order valence-corrected chi connectivity index (χ1v) is 8.15. The Hall–Kier alpha value is -3.03. The van der Waals surface area contributed by atoms with E-state index in [1.807, 2.05) is 18.2 Å². The van der Waals surface area contributed by atoms with Crippen molar-refractivity contribution in [2.45, 2.75) is 25.8 Å². The van der Waals surface area contributed by atoms with Crippen LogP contribution in [0.3, 0.4) is 0 Å². The van der Waals surface area contributed by atoms with Crippen molar-refractivity contribution in [3.8, 4) is 11.5 Å². The van der Waals surface area contributed by atoms with E-state index in [1.165, 1.54) is 4.52 Å². The Morgan fingerprint density at radius 2 is 2.12 bits per heavy atom. The molecule has 130 valence electrons. The van der Waals surface area contributed by atoms with Crippen LogP contribution in [0.25, 0.3) is 5.78 Å². The predicted octanol–water partition coefficient (Wildman–Crippen LogP) is 1.54. The third kappa shape index (κ3) is 2.59. The summed E-state index contributed by atoms with van der Waals surface area (Å²) >= 11 is 0. The molecule has 3 aromatic rings. The fourth-order valence-electron chi connectivity index (χ4n) is 3.24. The Balaban J connectivity index is 1.62. The van der Waals surface area contributed by atoms with Crippen molar-refractivity contribution >= 4 is 11.7 Å². The first-order chi connectivity index (χ1) is 12.2. The second kappa shape index (κ2) is 6.12. The molecule has 8 nitrogen and oxygen atoms in total. The predicted molar refractivity (Wildman–Crippen MR) is 92.5 cm³/mol. The lowest BCUT2D eigenvalue weighted by Crippen LogP contribution is -2.20. The summed E-state index contributed by atoms with van der Waals surface area (Å²) < 4.78 is 12.1. The molecule has 0 saturated heterocycles. The number of nitrogens with zero attached hydrogens (tertiary/aromatic N) is 3. The Labute approximate surface area is 143 Å². The molecule has 2 heterocycles. The molecule has 0 atom stereocenters. The highest BCUT2D eigenvalue weighted by molar-refractivity contribution is 5.48. The average Bonchev–Trinajstić information content (AvgIpc) is 3.26. The number of methoxy groups -OCH3 is 2. The number of aromatic amines is 1. The second-order valence-corrected chi connectivity index (χ2v) is 5.91. The van der Waals surface area contributed by atoms with Gasteiger partial charge in [-0.15, -0.1) is 0 Å². The maximum Gasteiger partial charge on any atom is 0.277 e. The van der Waals surface area contributed by atoms with E-state index in [2.05, 4.69) is 20.4 Å². The summed E-state index contributed by atoms with van der Waals surface area (Å²) in [5.41, 5.74) is 2.53. The molecule has 0 fully saturated rings. The van der Waals surface area contributed by atoms with Crippen LogP contribution in [0.1, 0.15) is 23.2 Å². The average molecular weight is 341 g/mol. The standard InChI is InChI=1S/C17H19N5O3/c1-24-13-8-3-5-10(14(13)25-2)9-18-16-20-17-19-12-7-4-6-11(12)15(23)22(17)21-16/h3,5,8H,4,6-7,9H2,1-2H3,(H2,18,19,20,21). The maximum atomic E-state index is 12.5. The van der Waals surface area contributed by atoms with Gasteiger partial charge in [-0.3, -0.25) is 9.89 Å². The van der Waals surface area contributed by atoms with Crippen LogP contribution in [-0.2, 0) is 19.4 Å². The van der Waals surface area contributed by atoms with Crippen molar-refractivity contribution in [3.63, 3.8) is 0 Å². The highest BCUT2D eigenvalue weighted by Gasteiger charge is 2.20. The minimum Gasteiger partial charge on any atom is -0.493 e. The lowest BCUT2D eigenvalue weighted by Gasteiger charge is -2.12. The van der Waals surface area contributed by atoms with Crippen LogP contribution in [0, 0.1) is 0 Å². The van der Waals surface area contributed by atoms with Crippen LogP contribution in [0.4, 0.5) is 5.95 Å². The minimum atomic E-state index is -0.0583. The van der Waals surface area contributed by atoms with Gasteiger partial charge < -0.3 is 14.8 Å². The zero-order valence-electron chi connectivity index (χ0n) is 14.1. The van der Waals surface area contributed by atoms with Crippen LogP contribution in [0.2, 0.25) is 0 Å². The van der Waals surface area contributed by atoms with Crippen LogP contribution in [0.5, 0.6) is 11.5 Å². The molecule has 2 aromatic heterocycles. The van der Waals surface area contributed by atoms with Gasteiger partial charge in [-0.1, -0.05) is 12.1 Å². The van der Waals surface area contributed by atoms with E-state index < -0.39 is 0 Å². The van der Waals surface area contributed by atoms with Crippen LogP contribution >= 0.6 is 0 Å². The number of H-pyrrole nitrogens is 1. The van der Waals surface area contributed by atoms with E-state index in [0.717, 1.165) is 36.1 Å². The third-order valence-corrected chi connectivity index (χ3v) is 4.45. The topological polar surface area (TPSA) is 93.5 Å². The highest BCUT2D eigenvalue weighted by Crippen LogP contribution is 2.30. The summed E-state index contributed by atoms with van der Waals surface area (Å²) in [7, 11) is 3.21. The lowest BCUT2D eigenvalue weighted by molar-refractivity contribution is 0.352. The molecular formula is C17H19N5O3. The summed E-state index contributed by atoms with van der Waals surface area (Å²) in [4.78, 5) is 21.3. The first-order valence-electron chi connectivity index (χ1n) is 8.15. The molecule has 1 aliphatic carbocycles. The van der Waals surface area contributed by atoms with Crippen molar-refractivity contribution in [2.24, 2.45) is 0 Å². The van der Waals surface area contributed by atoms with Crippen molar-refractivity contribution in [1.82, 2.24) is 19.6 Å². The fourth-order valence-corrected chi connectivity index (χ4v) is 3.24. The number of ether oxygens (including phenoxy) is 2. The van der Waals surface area contributed by atoms with Gasteiger partial charge in [-0.25, -0.2) is 4.98 Å². The van der Waals surface area contributed by atoms with Gasteiger partial charge in [0.15, 0.2) is 11.5 Å². The van der Waals surface area contributed by atoms with E-state index >= 15 is 0 Å². The number of fused-ring (bicyclic) bond motifs is 2. The zero-order valence-corrected chi connectivity index (χ0v) is 14.1. The van der Waals surface area contributed by atoms with Gasteiger partial charge in [0.1, 0.15) is 0 Å². The summed E-state index contributed by atoms with van der Waals surface area (Å²) in [6.45, 7) is 0.467. The number of rotatable bonds is 5. The number of nitrogens with one attached hydrogen (secondary N) is 2. The van der Waals surface area contributed by atoms with Crippen LogP contribution in [-0.4, -0.2) is 33.8 Å². The van der Waals surface area contributed by atoms with Gasteiger partial charge in [0.05, 0.1) is 19.9 Å². The van der Waals surface area contributed by atoms with Gasteiger partial charge in [0, 0.05) is 17.7 Å². The maximum absolute atomic E-state index is 12.5. The van der Waals surface area contributed by atoms with Crippen molar-refractivity contribution < 1.29 is 9.47 Å². The van der Waals surface area contributed by atoms with Gasteiger partial charge in [0.2, 0.25) is 5.95 Å². The summed E-state index contributed by atoms with van der Waals surface area (Å²) in [5.74, 6) is 2.22. The number of hydrogen-bond acceptors (Lipinski definition) is 6. The van der Waals surface area contributed by atoms with Crippen molar-refractivity contribution in [2.75, 3.05) is 19.5 Å². The number of anilines is 1. The molecule has 4 rings (SSSR count). The van der Waals surface area contributed by atoms with E-state index in [0.29, 0.717) is 29.8 Å². The number of aryl methyl sites for hydroxylation is 1. The molecule has 0 saturated carbocycles. The largest absolute Gasteiger partial charge is 0.493 e. The molecule has 0 spiro atoms. The normalized spacial score (nSPS) is 13.0. The van der Waals surface area contributed by atoms with E-state index in [1.54, 1.807) is 14.2 Å². The Kier molecular flexibility index (Phi) is 3.79. The molecule has 0 aliphatic heterocycles. The number of aromatic nitrogens is 4. The van der Waals surface area contributed by atoms with Crippen LogP contribution < -0.4 is 20.3 Å². The fraction of sp³-hybridized carbons (Fsp3) is 0.353. The van der Waals surface area contributed by atoms with Gasteiger partial charge in [-0.05, 0) is 25.3 Å². The van der Waals surface area contributed by atoms with Crippen molar-refractivity contribution in [1.29, 1.82) is 0 Å². The Morgan fingerprint density at radius 3 is 2.92 bits per heavy atom. The summed E-state index contributed by atoms with van der Waals surface area (Å²) in [5, 5.41) is 6.15. The van der Waals surface area contributed by atoms with Gasteiger partial charge in [0.25, 0.3) is 11.3 Å². The minimum absolute atomic E-state index is 0.0583. The van der Waals surface area contributed by atoms with Gasteiger partial charge in [-0.2, -0.15) is 9.50 Å². The molecule has 2 N–H and O–H groups in total. The number of hydrogen-bond donors (Lipinski definition) is 2. The summed E-state index contributed by atoms with van der Waals surface area (Å²) in [6, 6.07) is 5.68. The zero-order chi connectivity index (χ0) is 17.4. The first kappa shape index (κ1) is 15.5. The molecule has 25 heavy (non-hydrogen) atoms. The molecule has 0 bridgehead atoms. The monoisotopic (exact) mass is 341 g/mol. The number of para-hydroxylation sites is 1. The lowest BCUT2D eigenvalue weighted by atomic mass is 10.2. The smallest absolute Gasteiger partial charge is 0.277 e. The molecule has 0 amide bonds. The Bertz CT molecular complexity index is 992. The SMILES string of the molecule is COc1cccc(CNc2nc3nc4c(c(=O)n3[nH]2)CCC4)c1OC. The van der Waals surface area contributed by atoms with E-state index in [9.17, 15) is 4.79 Å². The molecule has 1 aliphatic rings. The molecule has 0 unspecified atom stereocenters. The third-order valence-electron chi connectivity index (χ3n) is 4.45. The van der Waals surface area contributed by atoms with Gasteiger partial charge >= 0.3 is 0 Å². The van der Waals surface area contributed by atoms with Crippen LogP contribution in [0.15, 0.2) is 23.0 Å². The second-order valence-electron chi connectivity index (χ2n) is 5.91. The molecule has 1 aromatic carbocycles. The Morgan fingerprint density at radius 1 is 1.24 bits per heavy atom. The quantitative estimate of drug-likeness (QED) is 0.731. The molecule has 8 heteroatoms. The highest BCUT2D eigenvalue weighted by atomic mass is 16.5. The summed E-state index contributed by atoms with van der Waals surface area (Å²) in [6.07, 6.45) is 2.61.